The van der Waals surface area contributed by atoms with Gasteiger partial charge in [-0.15, -0.1) is 0 Å². The summed E-state index contributed by atoms with van der Waals surface area (Å²) in [6.07, 6.45) is 0. The average Bonchev–Trinajstić information content (AvgIpc) is 2.34. The molecule has 0 spiro atoms. The monoisotopic (exact) mass is 343 g/mol. The number of nitro groups is 1. The van der Waals surface area contributed by atoms with Gasteiger partial charge in [-0.2, -0.15) is 0 Å². The molecule has 2 aromatic rings. The Balaban J connectivity index is 2.30. The number of rotatable bonds is 3. The molecule has 0 aliphatic rings. The van der Waals surface area contributed by atoms with Crippen molar-refractivity contribution < 1.29 is 4.92 Å². The normalized spacial score (nSPS) is 10.3. The van der Waals surface area contributed by atoms with E-state index in [0.29, 0.717) is 5.02 Å². The second-order valence-electron chi connectivity index (χ2n) is 3.40. The zero-order chi connectivity index (χ0) is 13.1. The largest absolute Gasteiger partial charge is 0.270 e. The van der Waals surface area contributed by atoms with Gasteiger partial charge in [0.05, 0.1) is 9.95 Å². The van der Waals surface area contributed by atoms with Crippen molar-refractivity contribution in [2.45, 2.75) is 9.79 Å². The first-order chi connectivity index (χ1) is 8.58. The van der Waals surface area contributed by atoms with Crippen molar-refractivity contribution in [1.82, 2.24) is 0 Å². The summed E-state index contributed by atoms with van der Waals surface area (Å²) in [6, 6.07) is 12.2. The summed E-state index contributed by atoms with van der Waals surface area (Å²) >= 11 is 10.9. The lowest BCUT2D eigenvalue weighted by Crippen LogP contribution is -1.87. The molecule has 0 bridgehead atoms. The minimum Gasteiger partial charge on any atom is -0.258 e. The van der Waals surface area contributed by atoms with Gasteiger partial charge >= 0.3 is 0 Å². The van der Waals surface area contributed by atoms with E-state index in [1.54, 1.807) is 6.07 Å². The maximum absolute atomic E-state index is 10.6. The Morgan fingerprint density at radius 2 is 1.89 bits per heavy atom. The highest BCUT2D eigenvalue weighted by molar-refractivity contribution is 9.10. The van der Waals surface area contributed by atoms with E-state index in [0.717, 1.165) is 14.3 Å². The molecule has 0 saturated carbocycles. The van der Waals surface area contributed by atoms with Crippen molar-refractivity contribution >= 4 is 45.0 Å². The van der Waals surface area contributed by atoms with Gasteiger partial charge in [0.15, 0.2) is 0 Å². The number of halogens is 2. The van der Waals surface area contributed by atoms with Crippen LogP contribution in [-0.2, 0) is 0 Å². The predicted molar refractivity (Wildman–Crippen MR) is 76.4 cm³/mol. The zero-order valence-electron chi connectivity index (χ0n) is 8.97. The van der Waals surface area contributed by atoms with Gasteiger partial charge in [-0.1, -0.05) is 35.5 Å². The van der Waals surface area contributed by atoms with Crippen molar-refractivity contribution in [3.05, 3.63) is 62.1 Å². The third-order valence-electron chi connectivity index (χ3n) is 2.18. The maximum Gasteiger partial charge on any atom is 0.270 e. The molecule has 0 radical (unpaired) electrons. The minimum absolute atomic E-state index is 0.00326. The molecule has 0 aliphatic carbocycles. The summed E-state index contributed by atoms with van der Waals surface area (Å²) in [7, 11) is 0. The van der Waals surface area contributed by atoms with Crippen LogP contribution in [-0.4, -0.2) is 4.92 Å². The van der Waals surface area contributed by atoms with E-state index in [4.69, 9.17) is 11.6 Å². The van der Waals surface area contributed by atoms with Crippen LogP contribution in [0.15, 0.2) is 56.7 Å². The van der Waals surface area contributed by atoms with Crippen LogP contribution in [0.4, 0.5) is 5.69 Å². The topological polar surface area (TPSA) is 43.1 Å². The Kier molecular flexibility index (Phi) is 4.27. The molecule has 0 aromatic heterocycles. The van der Waals surface area contributed by atoms with E-state index in [-0.39, 0.29) is 5.69 Å². The molecular weight excluding hydrogens is 338 g/mol. The number of benzene rings is 2. The molecule has 2 aromatic carbocycles. The Labute approximate surface area is 121 Å². The molecule has 0 N–H and O–H groups in total. The second-order valence-corrected chi connectivity index (χ2v) is 5.75. The minimum atomic E-state index is -0.460. The first-order valence-electron chi connectivity index (χ1n) is 4.94. The summed E-state index contributed by atoms with van der Waals surface area (Å²) < 4.78 is 0.962. The summed E-state index contributed by atoms with van der Waals surface area (Å²) in [5, 5.41) is 11.0. The molecule has 92 valence electrons. The van der Waals surface area contributed by atoms with Crippen molar-refractivity contribution in [3.8, 4) is 0 Å². The number of hydrogen-bond donors (Lipinski definition) is 0. The fraction of sp³-hybridized carbons (Fsp3) is 0. The van der Waals surface area contributed by atoms with Gasteiger partial charge < -0.3 is 0 Å². The SMILES string of the molecule is O=[N+]([O-])c1ccc(Sc2ccccc2Br)c(Cl)c1. The number of nitro benzene ring substituents is 1. The predicted octanol–water partition coefficient (Wildman–Crippen LogP) is 5.16. The Hall–Kier alpha value is -1.04. The molecule has 18 heavy (non-hydrogen) atoms. The fourth-order valence-corrected chi connectivity index (χ4v) is 2.99. The number of nitrogens with zero attached hydrogens (tertiary/aromatic N) is 1. The first-order valence-corrected chi connectivity index (χ1v) is 6.93. The van der Waals surface area contributed by atoms with Crippen LogP contribution in [0.1, 0.15) is 0 Å². The molecule has 0 atom stereocenters. The fourth-order valence-electron chi connectivity index (χ4n) is 1.33. The third-order valence-corrected chi connectivity index (χ3v) is 4.71. The molecular formula is C12H7BrClNO2S. The van der Waals surface area contributed by atoms with E-state index in [9.17, 15) is 10.1 Å². The number of hydrogen-bond acceptors (Lipinski definition) is 3. The van der Waals surface area contributed by atoms with Crippen LogP contribution in [0.3, 0.4) is 0 Å². The van der Waals surface area contributed by atoms with Crippen LogP contribution in [0.5, 0.6) is 0 Å². The van der Waals surface area contributed by atoms with Gasteiger partial charge in [0, 0.05) is 26.4 Å². The van der Waals surface area contributed by atoms with Gasteiger partial charge in [0.2, 0.25) is 0 Å². The lowest BCUT2D eigenvalue weighted by molar-refractivity contribution is -0.384. The molecule has 3 nitrogen and oxygen atoms in total. The molecule has 0 fully saturated rings. The highest BCUT2D eigenvalue weighted by Crippen LogP contribution is 2.38. The van der Waals surface area contributed by atoms with Gasteiger partial charge in [0.25, 0.3) is 5.69 Å². The van der Waals surface area contributed by atoms with Gasteiger partial charge in [-0.3, -0.25) is 10.1 Å². The van der Waals surface area contributed by atoms with E-state index in [1.165, 1.54) is 23.9 Å². The average molecular weight is 345 g/mol. The second kappa shape index (κ2) is 5.73. The van der Waals surface area contributed by atoms with E-state index in [1.807, 2.05) is 24.3 Å². The van der Waals surface area contributed by atoms with Crippen LogP contribution in [0.25, 0.3) is 0 Å². The smallest absolute Gasteiger partial charge is 0.258 e. The molecule has 2 rings (SSSR count). The summed E-state index contributed by atoms with van der Waals surface area (Å²) in [6.45, 7) is 0. The maximum atomic E-state index is 10.6. The zero-order valence-corrected chi connectivity index (χ0v) is 12.1. The van der Waals surface area contributed by atoms with Crippen LogP contribution >= 0.6 is 39.3 Å². The molecule has 0 amide bonds. The highest BCUT2D eigenvalue weighted by Gasteiger charge is 2.11. The van der Waals surface area contributed by atoms with Crippen LogP contribution < -0.4 is 0 Å². The van der Waals surface area contributed by atoms with Crippen molar-refractivity contribution in [2.24, 2.45) is 0 Å². The standard InChI is InChI=1S/C12H7BrClNO2S/c13-9-3-1-2-4-11(9)18-12-6-5-8(15(16)17)7-10(12)14/h1-7H. The molecule has 0 unspecified atom stereocenters. The van der Waals surface area contributed by atoms with Crippen molar-refractivity contribution in [1.29, 1.82) is 0 Å². The Morgan fingerprint density at radius 3 is 2.50 bits per heavy atom. The molecule has 6 heteroatoms. The van der Waals surface area contributed by atoms with Crippen LogP contribution in [0, 0.1) is 10.1 Å². The lowest BCUT2D eigenvalue weighted by atomic mass is 10.3. The molecule has 0 saturated heterocycles. The molecule has 0 heterocycles. The van der Waals surface area contributed by atoms with Crippen molar-refractivity contribution in [2.75, 3.05) is 0 Å². The van der Waals surface area contributed by atoms with E-state index in [2.05, 4.69) is 15.9 Å². The summed E-state index contributed by atoms with van der Waals surface area (Å²) in [4.78, 5) is 11.9. The number of non-ortho nitro benzene ring substituents is 1. The Bertz CT molecular complexity index is 606. The van der Waals surface area contributed by atoms with E-state index < -0.39 is 4.92 Å². The quantitative estimate of drug-likeness (QED) is 0.570. The third kappa shape index (κ3) is 3.04. The Morgan fingerprint density at radius 1 is 1.17 bits per heavy atom. The summed E-state index contributed by atoms with van der Waals surface area (Å²) in [5.74, 6) is 0. The summed E-state index contributed by atoms with van der Waals surface area (Å²) in [5.41, 5.74) is -0.00326. The first kappa shape index (κ1) is 13.4. The van der Waals surface area contributed by atoms with E-state index >= 15 is 0 Å². The molecule has 0 aliphatic heterocycles. The van der Waals surface area contributed by atoms with Gasteiger partial charge in [-0.25, -0.2) is 0 Å². The van der Waals surface area contributed by atoms with Gasteiger partial charge in [0.1, 0.15) is 0 Å². The van der Waals surface area contributed by atoms with Gasteiger partial charge in [-0.05, 0) is 34.1 Å². The highest BCUT2D eigenvalue weighted by atomic mass is 79.9. The van der Waals surface area contributed by atoms with Crippen LogP contribution in [0.2, 0.25) is 5.02 Å². The van der Waals surface area contributed by atoms with Crippen molar-refractivity contribution in [3.63, 3.8) is 0 Å². The lowest BCUT2D eigenvalue weighted by Gasteiger charge is -2.05.